The maximum atomic E-state index is 14.9. The topological polar surface area (TPSA) is 197 Å². The van der Waals surface area contributed by atoms with Crippen LogP contribution in [0.2, 0.25) is 18.1 Å². The average Bonchev–Trinajstić information content (AvgIpc) is 4.19. The summed E-state index contributed by atoms with van der Waals surface area (Å²) in [6.45, 7) is 28.7. The van der Waals surface area contributed by atoms with Crippen LogP contribution in [0, 0.1) is 23.7 Å². The Morgan fingerprint density at radius 2 is 1.62 bits per heavy atom. The Hall–Kier alpha value is -3.11. The number of aliphatic hydroxyl groups is 1. The van der Waals surface area contributed by atoms with Gasteiger partial charge in [-0.2, -0.15) is 0 Å². The molecular weight excluding hydrogens is 1040 g/mol. The van der Waals surface area contributed by atoms with Crippen LogP contribution in [-0.2, 0) is 66.2 Å². The number of rotatable bonds is 13. The maximum Gasteiger partial charge on any atom is 0.316 e. The first-order valence-electron chi connectivity index (χ1n) is 30.0. The van der Waals surface area contributed by atoms with Gasteiger partial charge in [-0.25, -0.2) is 0 Å². The van der Waals surface area contributed by atoms with Crippen LogP contribution in [0.25, 0.3) is 0 Å². The van der Waals surface area contributed by atoms with E-state index in [1.165, 1.54) is 14.0 Å². The van der Waals surface area contributed by atoms with E-state index in [1.807, 2.05) is 44.2 Å². The summed E-state index contributed by atoms with van der Waals surface area (Å²) in [5.74, 6) is -3.26. The summed E-state index contributed by atoms with van der Waals surface area (Å²) in [6, 6.07) is 0.0200. The quantitative estimate of drug-likeness (QED) is 0.0897. The lowest BCUT2D eigenvalue weighted by Gasteiger charge is -2.50. The molecule has 8 aliphatic rings. The van der Waals surface area contributed by atoms with Crippen molar-refractivity contribution in [1.82, 2.24) is 10.6 Å². The zero-order valence-corrected chi connectivity index (χ0v) is 51.9. The van der Waals surface area contributed by atoms with E-state index in [0.717, 1.165) is 43.3 Å². The van der Waals surface area contributed by atoms with Gasteiger partial charge in [0, 0.05) is 64.7 Å². The zero-order chi connectivity index (χ0) is 58.3. The van der Waals surface area contributed by atoms with Gasteiger partial charge in [0.25, 0.3) is 5.91 Å². The molecule has 18 heteroatoms. The van der Waals surface area contributed by atoms with Gasteiger partial charge >= 0.3 is 5.97 Å². The van der Waals surface area contributed by atoms with Crippen molar-refractivity contribution >= 4 is 26.1 Å². The standard InChI is InChI=1S/C62H98N2O15Si/c1-17-35(2)53-38(5)27-28-60(78-53)33-46-30-45(77-60)26-25-37(4)52(36(3)21-20-22-43-34-71-56-54(79-80(15,16)59(10,11)12)39(6)29-47(57(66)74-46)62(43,56)68)75-50-31-48(69-13)55(40(7)72-50)76-51-32-49(70-14)61(41(8)73-51,64-42(9)65)58(67)63-44-23-18-19-24-44/h20-22,25,27-29,35-36,38,40-41,44-56,68H,17-19,23-24,26,30-34H2,1-16H3,(H,63,67)(H,64,65)/b21-20+,37-25+,43-22+/t35-,36-,38-,40-,41-,45+,46-,47-,48-,49-,50-,51-,52-,53+,54+,55-,56+,60+,61-,62+/m0/s1. The van der Waals surface area contributed by atoms with Gasteiger partial charge in [-0.1, -0.05) is 104 Å². The molecular formula is C62H98N2O15Si. The van der Waals surface area contributed by atoms with Gasteiger partial charge in [0.2, 0.25) is 5.91 Å². The van der Waals surface area contributed by atoms with Crippen molar-refractivity contribution in [2.24, 2.45) is 23.7 Å². The first kappa shape index (κ1) is 62.9. The molecule has 17 nitrogen and oxygen atoms in total. The molecule has 3 N–H and O–H groups in total. The van der Waals surface area contributed by atoms with Gasteiger partial charge in [0.1, 0.15) is 29.8 Å². The second-order valence-electron chi connectivity index (χ2n) is 26.2. The number of fused-ring (bicyclic) bond motifs is 2. The molecule has 0 unspecified atom stereocenters. The Labute approximate surface area is 478 Å². The number of hydrogen-bond acceptors (Lipinski definition) is 15. The molecule has 0 aromatic heterocycles. The molecule has 6 heterocycles. The van der Waals surface area contributed by atoms with Gasteiger partial charge in [-0.05, 0) is 93.8 Å². The van der Waals surface area contributed by atoms with E-state index in [9.17, 15) is 19.5 Å². The van der Waals surface area contributed by atoms with E-state index in [2.05, 4.69) is 91.3 Å². The Kier molecular flexibility index (Phi) is 19.8. The molecule has 6 aliphatic heterocycles. The third-order valence-corrected chi connectivity index (χ3v) is 23.8. The smallest absolute Gasteiger partial charge is 0.316 e. The number of allylic oxidation sites excluding steroid dienone is 2. The van der Waals surface area contributed by atoms with Crippen LogP contribution in [0.15, 0.2) is 59.3 Å². The molecule has 0 aromatic rings. The summed E-state index contributed by atoms with van der Waals surface area (Å²) < 4.78 is 73.6. The molecule has 20 atom stereocenters. The first-order chi connectivity index (χ1) is 37.7. The van der Waals surface area contributed by atoms with E-state index < -0.39 is 111 Å². The molecule has 8 rings (SSSR count). The van der Waals surface area contributed by atoms with Gasteiger partial charge < -0.3 is 67.5 Å². The molecule has 0 aromatic carbocycles. The van der Waals surface area contributed by atoms with Crippen LogP contribution in [0.4, 0.5) is 0 Å². The molecule has 2 bridgehead atoms. The number of nitrogens with one attached hydrogen (secondary N) is 2. The molecule has 450 valence electrons. The number of ether oxygens (including phenoxy) is 10. The highest BCUT2D eigenvalue weighted by atomic mass is 28.4. The van der Waals surface area contributed by atoms with Crippen molar-refractivity contribution in [3.8, 4) is 0 Å². The summed E-state index contributed by atoms with van der Waals surface area (Å²) >= 11 is 0. The molecule has 2 aliphatic carbocycles. The number of methoxy groups -OCH3 is 2. The first-order valence-corrected chi connectivity index (χ1v) is 32.9. The lowest BCUT2D eigenvalue weighted by molar-refractivity contribution is -0.316. The van der Waals surface area contributed by atoms with Crippen LogP contribution in [0.5, 0.6) is 0 Å². The van der Waals surface area contributed by atoms with E-state index in [0.29, 0.717) is 31.3 Å². The van der Waals surface area contributed by atoms with E-state index in [-0.39, 0.29) is 59.8 Å². The summed E-state index contributed by atoms with van der Waals surface area (Å²) in [7, 11) is 0.772. The highest BCUT2D eigenvalue weighted by Gasteiger charge is 2.62. The molecule has 1 spiro atoms. The SMILES string of the molecule is CC[C@H](C)[C@H]1O[C@]2(C=C[C@@H]1C)C[C@@H]1C[C@@H](C/C=C(\C)[C@@H](O[C@H]3C[C@H](OC)[C@@H](O[C@H]4C[C@H](OC)[C@](NC(C)=O)(C(=O)NC5CCCC5)[C@H](C)O4)[C@H](C)O3)[C@@H](C)/C=C/C=C3\CO[C@@H]4[C@H](O[Si](C)(C)C(C)(C)C)C(C)=C[C@@H](C(=O)O1)[C@]34O)O2. The summed E-state index contributed by atoms with van der Waals surface area (Å²) in [5, 5.41) is 19.3. The fourth-order valence-corrected chi connectivity index (χ4v) is 14.8. The lowest BCUT2D eigenvalue weighted by Crippen LogP contribution is -2.75. The Bertz CT molecular complexity index is 2360. The van der Waals surface area contributed by atoms with E-state index in [4.69, 9.17) is 51.8 Å². The second kappa shape index (κ2) is 25.2. The van der Waals surface area contributed by atoms with Crippen LogP contribution in [-0.4, -0.2) is 155 Å². The fourth-order valence-electron chi connectivity index (χ4n) is 13.5. The largest absolute Gasteiger partial charge is 0.462 e. The highest BCUT2D eigenvalue weighted by Crippen LogP contribution is 2.50. The third-order valence-electron chi connectivity index (χ3n) is 19.4. The van der Waals surface area contributed by atoms with Crippen molar-refractivity contribution in [3.63, 3.8) is 0 Å². The van der Waals surface area contributed by atoms with Crippen molar-refractivity contribution < 1.29 is 71.3 Å². The molecule has 0 radical (unpaired) electrons. The van der Waals surface area contributed by atoms with Gasteiger partial charge in [0.05, 0.1) is 55.4 Å². The van der Waals surface area contributed by atoms with Crippen LogP contribution >= 0.6 is 0 Å². The normalized spacial score (nSPS) is 43.2. The lowest BCUT2D eigenvalue weighted by atomic mass is 9.71. The number of amides is 2. The van der Waals surface area contributed by atoms with Crippen LogP contribution in [0.3, 0.4) is 0 Å². The minimum atomic E-state index is -2.41. The van der Waals surface area contributed by atoms with Crippen molar-refractivity contribution in [1.29, 1.82) is 0 Å². The monoisotopic (exact) mass is 1140 g/mol. The average molecular weight is 1140 g/mol. The number of carbonyl (C=O) groups is 3. The Morgan fingerprint density at radius 3 is 2.29 bits per heavy atom. The molecule has 5 fully saturated rings. The summed E-state index contributed by atoms with van der Waals surface area (Å²) in [6.07, 6.45) is 12.7. The summed E-state index contributed by atoms with van der Waals surface area (Å²) in [5.41, 5.74) is -0.920. The molecule has 4 saturated heterocycles. The van der Waals surface area contributed by atoms with Crippen LogP contribution < -0.4 is 10.6 Å². The molecule has 1 saturated carbocycles. The maximum absolute atomic E-state index is 14.9. The van der Waals surface area contributed by atoms with Crippen molar-refractivity contribution in [3.05, 3.63) is 59.3 Å². The number of esters is 1. The molecule has 2 amide bonds. The third kappa shape index (κ3) is 12.9. The van der Waals surface area contributed by atoms with Gasteiger partial charge in [-0.3, -0.25) is 14.4 Å². The minimum Gasteiger partial charge on any atom is -0.462 e. The number of carbonyl (C=O) groups excluding carboxylic acids is 3. The Balaban J connectivity index is 1.07. The van der Waals surface area contributed by atoms with Crippen molar-refractivity contribution in [2.45, 2.75) is 268 Å². The van der Waals surface area contributed by atoms with Gasteiger partial charge in [0.15, 0.2) is 32.2 Å². The second-order valence-corrected chi connectivity index (χ2v) is 31.0. The van der Waals surface area contributed by atoms with E-state index >= 15 is 0 Å². The number of hydrogen-bond donors (Lipinski definition) is 3. The summed E-state index contributed by atoms with van der Waals surface area (Å²) in [4.78, 5) is 41.8. The zero-order valence-electron chi connectivity index (χ0n) is 50.9. The van der Waals surface area contributed by atoms with Crippen molar-refractivity contribution in [2.75, 3.05) is 20.8 Å². The van der Waals surface area contributed by atoms with E-state index in [1.54, 1.807) is 14.0 Å². The predicted octanol–water partition coefficient (Wildman–Crippen LogP) is 8.98. The van der Waals surface area contributed by atoms with Crippen LogP contribution in [0.1, 0.15) is 147 Å². The highest BCUT2D eigenvalue weighted by molar-refractivity contribution is 6.74. The minimum absolute atomic E-state index is 0.0200. The fraction of sp³-hybridized carbons (Fsp3) is 0.790. The predicted molar refractivity (Wildman–Crippen MR) is 304 cm³/mol. The molecule has 80 heavy (non-hydrogen) atoms. The van der Waals surface area contributed by atoms with Gasteiger partial charge in [-0.15, -0.1) is 0 Å². The Morgan fingerprint density at radius 1 is 0.912 bits per heavy atom.